The average molecular weight is 390 g/mol. The number of amides is 1. The quantitative estimate of drug-likeness (QED) is 0.681. The lowest BCUT2D eigenvalue weighted by molar-refractivity contribution is -0.120. The van der Waals surface area contributed by atoms with Crippen molar-refractivity contribution in [3.8, 4) is 5.88 Å². The lowest BCUT2D eigenvalue weighted by atomic mass is 9.97. The van der Waals surface area contributed by atoms with Gasteiger partial charge in [0.2, 0.25) is 5.91 Å². The molecule has 2 heterocycles. The van der Waals surface area contributed by atoms with E-state index >= 15 is 0 Å². The van der Waals surface area contributed by atoms with Crippen molar-refractivity contribution in [3.05, 3.63) is 54.6 Å². The summed E-state index contributed by atoms with van der Waals surface area (Å²) in [6.07, 6.45) is 2.69. The Morgan fingerprint density at radius 3 is 2.59 bits per heavy atom. The predicted octanol–water partition coefficient (Wildman–Crippen LogP) is 4.27. The first-order chi connectivity index (χ1) is 14.2. The third kappa shape index (κ3) is 4.47. The number of anilines is 2. The van der Waals surface area contributed by atoms with Crippen LogP contribution in [0.4, 0.5) is 11.5 Å². The molecule has 4 rings (SSSR count). The summed E-state index contributed by atoms with van der Waals surface area (Å²) >= 11 is 0. The molecule has 0 radical (unpaired) electrons. The molecule has 2 aromatic carbocycles. The minimum atomic E-state index is -0.101. The second-order valence-corrected chi connectivity index (χ2v) is 7.33. The van der Waals surface area contributed by atoms with Crippen LogP contribution in [0.3, 0.4) is 0 Å². The van der Waals surface area contributed by atoms with Crippen LogP contribution in [0.5, 0.6) is 5.88 Å². The molecule has 1 aliphatic rings. The number of carbonyl (C=O) groups excluding carboxylic acids is 1. The number of para-hydroxylation sites is 3. The molecule has 1 saturated heterocycles. The Morgan fingerprint density at radius 1 is 1.10 bits per heavy atom. The Hall–Kier alpha value is -3.15. The topological polar surface area (TPSA) is 67.4 Å². The van der Waals surface area contributed by atoms with E-state index in [0.29, 0.717) is 19.0 Å². The molecule has 1 aliphatic heterocycles. The van der Waals surface area contributed by atoms with E-state index < -0.39 is 0 Å². The number of aromatic nitrogens is 2. The SMILES string of the molecule is CCCOc1nc2ccccc2nc1N1CCCC(C(=O)Nc2ccccc2)C1. The molecule has 29 heavy (non-hydrogen) atoms. The highest BCUT2D eigenvalue weighted by atomic mass is 16.5. The molecule has 1 atom stereocenters. The molecule has 1 amide bonds. The molecule has 1 aromatic heterocycles. The van der Waals surface area contributed by atoms with Crippen LogP contribution in [0.2, 0.25) is 0 Å². The van der Waals surface area contributed by atoms with Gasteiger partial charge in [-0.25, -0.2) is 9.97 Å². The van der Waals surface area contributed by atoms with Crippen molar-refractivity contribution in [1.82, 2.24) is 9.97 Å². The fourth-order valence-electron chi connectivity index (χ4n) is 3.63. The third-order valence-corrected chi connectivity index (χ3v) is 5.10. The van der Waals surface area contributed by atoms with Gasteiger partial charge in [0.15, 0.2) is 5.82 Å². The maximum Gasteiger partial charge on any atom is 0.258 e. The molecule has 1 N–H and O–H groups in total. The Morgan fingerprint density at radius 2 is 1.83 bits per heavy atom. The fraction of sp³-hybridized carbons (Fsp3) is 0.348. The lowest BCUT2D eigenvalue weighted by Gasteiger charge is -2.33. The highest BCUT2D eigenvalue weighted by Gasteiger charge is 2.29. The Kier molecular flexibility index (Phi) is 5.89. The average Bonchev–Trinajstić information content (AvgIpc) is 2.78. The number of hydrogen-bond acceptors (Lipinski definition) is 5. The number of fused-ring (bicyclic) bond motifs is 1. The van der Waals surface area contributed by atoms with Gasteiger partial charge in [-0.15, -0.1) is 0 Å². The zero-order valence-corrected chi connectivity index (χ0v) is 16.7. The highest BCUT2D eigenvalue weighted by Crippen LogP contribution is 2.31. The van der Waals surface area contributed by atoms with Crippen molar-refractivity contribution in [2.75, 3.05) is 29.9 Å². The standard InChI is InChI=1S/C23H26N4O2/c1-2-15-29-23-21(25-19-12-6-7-13-20(19)26-23)27-14-8-9-17(16-27)22(28)24-18-10-4-3-5-11-18/h3-7,10-13,17H,2,8-9,14-16H2,1H3,(H,24,28). The van der Waals surface area contributed by atoms with Gasteiger partial charge in [0.05, 0.1) is 23.6 Å². The summed E-state index contributed by atoms with van der Waals surface area (Å²) in [7, 11) is 0. The van der Waals surface area contributed by atoms with Gasteiger partial charge in [0, 0.05) is 18.8 Å². The van der Waals surface area contributed by atoms with E-state index in [1.165, 1.54) is 0 Å². The van der Waals surface area contributed by atoms with Crippen molar-refractivity contribution in [3.63, 3.8) is 0 Å². The van der Waals surface area contributed by atoms with Crippen molar-refractivity contribution < 1.29 is 9.53 Å². The second kappa shape index (κ2) is 8.90. The van der Waals surface area contributed by atoms with Crippen LogP contribution in [-0.4, -0.2) is 35.6 Å². The van der Waals surface area contributed by atoms with E-state index in [9.17, 15) is 4.79 Å². The number of carbonyl (C=O) groups is 1. The van der Waals surface area contributed by atoms with Crippen LogP contribution in [0, 0.1) is 5.92 Å². The summed E-state index contributed by atoms with van der Waals surface area (Å²) in [5, 5.41) is 3.03. The van der Waals surface area contributed by atoms with E-state index in [1.807, 2.05) is 54.6 Å². The molecule has 1 fully saturated rings. The van der Waals surface area contributed by atoms with Crippen molar-refractivity contribution in [1.29, 1.82) is 0 Å². The summed E-state index contributed by atoms with van der Waals surface area (Å²) in [5.74, 6) is 1.23. The third-order valence-electron chi connectivity index (χ3n) is 5.10. The number of benzene rings is 2. The van der Waals surface area contributed by atoms with E-state index in [1.54, 1.807) is 0 Å². The van der Waals surface area contributed by atoms with Crippen LogP contribution in [0.15, 0.2) is 54.6 Å². The molecule has 3 aromatic rings. The molecule has 150 valence electrons. The summed E-state index contributed by atoms with van der Waals surface area (Å²) in [4.78, 5) is 24.5. The first-order valence-corrected chi connectivity index (χ1v) is 10.2. The molecule has 0 bridgehead atoms. The van der Waals surface area contributed by atoms with Crippen LogP contribution in [0.1, 0.15) is 26.2 Å². The van der Waals surface area contributed by atoms with Crippen LogP contribution < -0.4 is 15.0 Å². The largest absolute Gasteiger partial charge is 0.475 e. The van der Waals surface area contributed by atoms with Gasteiger partial charge in [0.25, 0.3) is 5.88 Å². The first-order valence-electron chi connectivity index (χ1n) is 10.2. The van der Waals surface area contributed by atoms with Crippen LogP contribution in [-0.2, 0) is 4.79 Å². The van der Waals surface area contributed by atoms with Gasteiger partial charge < -0.3 is 15.0 Å². The zero-order chi connectivity index (χ0) is 20.1. The molecule has 6 heteroatoms. The van der Waals surface area contributed by atoms with E-state index in [-0.39, 0.29) is 11.8 Å². The van der Waals surface area contributed by atoms with Crippen molar-refractivity contribution in [2.45, 2.75) is 26.2 Å². The van der Waals surface area contributed by atoms with E-state index in [0.717, 1.165) is 48.3 Å². The number of rotatable bonds is 6. The molecular weight excluding hydrogens is 364 g/mol. The van der Waals surface area contributed by atoms with Crippen LogP contribution >= 0.6 is 0 Å². The number of piperidine rings is 1. The number of ether oxygens (including phenoxy) is 1. The smallest absolute Gasteiger partial charge is 0.258 e. The summed E-state index contributed by atoms with van der Waals surface area (Å²) in [6.45, 7) is 4.10. The van der Waals surface area contributed by atoms with Gasteiger partial charge in [0.1, 0.15) is 0 Å². The minimum Gasteiger partial charge on any atom is -0.475 e. The molecular formula is C23H26N4O2. The lowest BCUT2D eigenvalue weighted by Crippen LogP contribution is -2.41. The van der Waals surface area contributed by atoms with Crippen LogP contribution in [0.25, 0.3) is 11.0 Å². The fourth-order valence-corrected chi connectivity index (χ4v) is 3.63. The normalized spacial score (nSPS) is 16.6. The predicted molar refractivity (Wildman–Crippen MR) is 115 cm³/mol. The molecule has 1 unspecified atom stereocenters. The highest BCUT2D eigenvalue weighted by molar-refractivity contribution is 5.93. The summed E-state index contributed by atoms with van der Waals surface area (Å²) in [6, 6.07) is 17.4. The van der Waals surface area contributed by atoms with Gasteiger partial charge >= 0.3 is 0 Å². The van der Waals surface area contributed by atoms with Gasteiger partial charge in [-0.3, -0.25) is 4.79 Å². The van der Waals surface area contributed by atoms with Crippen molar-refractivity contribution in [2.24, 2.45) is 5.92 Å². The molecule has 0 spiro atoms. The molecule has 6 nitrogen and oxygen atoms in total. The maximum absolute atomic E-state index is 12.8. The van der Waals surface area contributed by atoms with E-state index in [4.69, 9.17) is 14.7 Å². The van der Waals surface area contributed by atoms with E-state index in [2.05, 4.69) is 17.1 Å². The monoisotopic (exact) mass is 390 g/mol. The van der Waals surface area contributed by atoms with Gasteiger partial charge in [-0.05, 0) is 43.5 Å². The second-order valence-electron chi connectivity index (χ2n) is 7.33. The van der Waals surface area contributed by atoms with Gasteiger partial charge in [-0.2, -0.15) is 0 Å². The van der Waals surface area contributed by atoms with Crippen molar-refractivity contribution >= 4 is 28.4 Å². The first kappa shape index (κ1) is 19.2. The number of hydrogen-bond donors (Lipinski definition) is 1. The Labute approximate surface area is 170 Å². The van der Waals surface area contributed by atoms with Gasteiger partial charge in [-0.1, -0.05) is 37.3 Å². The maximum atomic E-state index is 12.8. The molecule has 0 aliphatic carbocycles. The summed E-state index contributed by atoms with van der Waals surface area (Å²) in [5.41, 5.74) is 2.48. The number of nitrogens with zero attached hydrogens (tertiary/aromatic N) is 3. The zero-order valence-electron chi connectivity index (χ0n) is 16.7. The Bertz CT molecular complexity index is 977. The minimum absolute atomic E-state index is 0.0469. The number of nitrogens with one attached hydrogen (secondary N) is 1. The molecule has 0 saturated carbocycles. The Balaban J connectivity index is 1.56. The summed E-state index contributed by atoms with van der Waals surface area (Å²) < 4.78 is 5.92.